The van der Waals surface area contributed by atoms with Crippen molar-refractivity contribution in [1.82, 2.24) is 9.97 Å². The topological polar surface area (TPSA) is 54.9 Å². The summed E-state index contributed by atoms with van der Waals surface area (Å²) in [5.41, 5.74) is 1.87. The molecule has 1 N–H and O–H groups in total. The summed E-state index contributed by atoms with van der Waals surface area (Å²) in [6, 6.07) is 9.23. The van der Waals surface area contributed by atoms with E-state index >= 15 is 0 Å². The van der Waals surface area contributed by atoms with Crippen LogP contribution in [-0.4, -0.2) is 15.9 Å². The van der Waals surface area contributed by atoms with Crippen LogP contribution in [0, 0.1) is 5.82 Å². The number of halogens is 1. The van der Waals surface area contributed by atoms with Crippen LogP contribution in [0.3, 0.4) is 0 Å². The van der Waals surface area contributed by atoms with Crippen LogP contribution >= 0.6 is 11.3 Å². The number of carbonyl (C=O) groups is 1. The number of amides is 1. The Labute approximate surface area is 124 Å². The highest BCUT2D eigenvalue weighted by Gasteiger charge is 2.10. The molecule has 0 saturated heterocycles. The van der Waals surface area contributed by atoms with Gasteiger partial charge in [-0.3, -0.25) is 15.1 Å². The van der Waals surface area contributed by atoms with Gasteiger partial charge in [-0.05, 0) is 30.3 Å². The Hall–Kier alpha value is -2.60. The molecule has 0 bridgehead atoms. The molecule has 0 radical (unpaired) electrons. The molecule has 6 heteroatoms. The molecule has 3 aromatic rings. The number of pyridine rings is 1. The van der Waals surface area contributed by atoms with Crippen LogP contribution in [0.25, 0.3) is 11.3 Å². The molecular formula is C15H10FN3OS. The number of anilines is 1. The van der Waals surface area contributed by atoms with Gasteiger partial charge in [0.2, 0.25) is 0 Å². The van der Waals surface area contributed by atoms with Crippen molar-refractivity contribution >= 4 is 22.4 Å². The maximum Gasteiger partial charge on any atom is 0.257 e. The Balaban J connectivity index is 1.77. The zero-order chi connectivity index (χ0) is 14.7. The summed E-state index contributed by atoms with van der Waals surface area (Å²) in [5, 5.41) is 4.95. The summed E-state index contributed by atoms with van der Waals surface area (Å²) >= 11 is 1.31. The van der Waals surface area contributed by atoms with Crippen molar-refractivity contribution < 1.29 is 9.18 Å². The van der Waals surface area contributed by atoms with E-state index in [4.69, 9.17) is 0 Å². The molecule has 0 aliphatic carbocycles. The van der Waals surface area contributed by atoms with Gasteiger partial charge in [0.15, 0.2) is 5.13 Å². The number of carbonyl (C=O) groups excluding carboxylic acids is 1. The van der Waals surface area contributed by atoms with Gasteiger partial charge in [0, 0.05) is 28.9 Å². The third-order valence-electron chi connectivity index (χ3n) is 2.77. The van der Waals surface area contributed by atoms with Crippen molar-refractivity contribution in [2.45, 2.75) is 0 Å². The number of rotatable bonds is 3. The highest BCUT2D eigenvalue weighted by atomic mass is 32.1. The minimum Gasteiger partial charge on any atom is -0.298 e. The molecule has 0 atom stereocenters. The Morgan fingerprint density at radius 2 is 2.14 bits per heavy atom. The van der Waals surface area contributed by atoms with Crippen molar-refractivity contribution in [1.29, 1.82) is 0 Å². The second-order valence-electron chi connectivity index (χ2n) is 4.24. The highest BCUT2D eigenvalue weighted by molar-refractivity contribution is 7.14. The summed E-state index contributed by atoms with van der Waals surface area (Å²) in [6.45, 7) is 0. The smallest absolute Gasteiger partial charge is 0.257 e. The number of thiazole rings is 1. The molecule has 0 unspecified atom stereocenters. The SMILES string of the molecule is O=C(Nc1nc(-c2cccnc2)cs1)c1cccc(F)c1. The molecule has 1 amide bonds. The third kappa shape index (κ3) is 3.11. The molecule has 104 valence electrons. The zero-order valence-electron chi connectivity index (χ0n) is 10.8. The normalized spacial score (nSPS) is 10.3. The van der Waals surface area contributed by atoms with Crippen LogP contribution in [0.2, 0.25) is 0 Å². The molecule has 0 saturated carbocycles. The number of hydrogen-bond donors (Lipinski definition) is 1. The lowest BCUT2D eigenvalue weighted by atomic mass is 10.2. The van der Waals surface area contributed by atoms with Crippen molar-refractivity contribution in [3.63, 3.8) is 0 Å². The van der Waals surface area contributed by atoms with Crippen molar-refractivity contribution in [3.8, 4) is 11.3 Å². The maximum atomic E-state index is 13.1. The minimum absolute atomic E-state index is 0.258. The Bertz CT molecular complexity index is 773. The molecule has 2 heterocycles. The first-order valence-corrected chi connectivity index (χ1v) is 7.03. The molecule has 0 aliphatic rings. The van der Waals surface area contributed by atoms with E-state index < -0.39 is 5.82 Å². The summed E-state index contributed by atoms with van der Waals surface area (Å²) in [7, 11) is 0. The second kappa shape index (κ2) is 5.80. The standard InChI is InChI=1S/C15H10FN3OS/c16-12-5-1-3-10(7-12)14(20)19-15-18-13(9-21-15)11-4-2-6-17-8-11/h1-9H,(H,18,19,20). The van der Waals surface area contributed by atoms with Gasteiger partial charge < -0.3 is 0 Å². The molecule has 1 aromatic carbocycles. The molecule has 0 fully saturated rings. The fourth-order valence-electron chi connectivity index (χ4n) is 1.78. The quantitative estimate of drug-likeness (QED) is 0.804. The lowest BCUT2D eigenvalue weighted by Crippen LogP contribution is -2.11. The predicted molar refractivity (Wildman–Crippen MR) is 79.7 cm³/mol. The molecule has 3 rings (SSSR count). The van der Waals surface area contributed by atoms with Crippen LogP contribution in [0.5, 0.6) is 0 Å². The lowest BCUT2D eigenvalue weighted by molar-refractivity contribution is 0.102. The van der Waals surface area contributed by atoms with E-state index in [0.717, 1.165) is 11.3 Å². The van der Waals surface area contributed by atoms with Crippen LogP contribution < -0.4 is 5.32 Å². The molecular weight excluding hydrogens is 289 g/mol. The van der Waals surface area contributed by atoms with Gasteiger partial charge in [-0.2, -0.15) is 0 Å². The first-order valence-electron chi connectivity index (χ1n) is 6.15. The number of hydrogen-bond acceptors (Lipinski definition) is 4. The Morgan fingerprint density at radius 1 is 1.24 bits per heavy atom. The van der Waals surface area contributed by atoms with Crippen molar-refractivity contribution in [3.05, 3.63) is 65.6 Å². The molecule has 0 spiro atoms. The van der Waals surface area contributed by atoms with Gasteiger partial charge >= 0.3 is 0 Å². The fourth-order valence-corrected chi connectivity index (χ4v) is 2.49. The Kier molecular flexibility index (Phi) is 3.70. The summed E-state index contributed by atoms with van der Waals surface area (Å²) < 4.78 is 13.1. The van der Waals surface area contributed by atoms with Gasteiger partial charge in [0.1, 0.15) is 5.82 Å². The maximum absolute atomic E-state index is 13.1. The van der Waals surface area contributed by atoms with E-state index in [2.05, 4.69) is 15.3 Å². The van der Waals surface area contributed by atoms with Crippen LogP contribution in [-0.2, 0) is 0 Å². The van der Waals surface area contributed by atoms with Gasteiger partial charge in [-0.15, -0.1) is 11.3 Å². The monoisotopic (exact) mass is 299 g/mol. The number of aromatic nitrogens is 2. The van der Waals surface area contributed by atoms with Gasteiger partial charge in [0.05, 0.1) is 5.69 Å². The van der Waals surface area contributed by atoms with E-state index in [0.29, 0.717) is 5.13 Å². The van der Waals surface area contributed by atoms with E-state index in [1.54, 1.807) is 18.5 Å². The van der Waals surface area contributed by atoms with E-state index in [1.807, 2.05) is 17.5 Å². The first-order chi connectivity index (χ1) is 10.2. The third-order valence-corrected chi connectivity index (χ3v) is 3.53. The average Bonchev–Trinajstić information content (AvgIpc) is 2.97. The predicted octanol–water partition coefficient (Wildman–Crippen LogP) is 3.60. The van der Waals surface area contributed by atoms with Crippen molar-refractivity contribution in [2.24, 2.45) is 0 Å². The molecule has 2 aromatic heterocycles. The van der Waals surface area contributed by atoms with E-state index in [1.165, 1.54) is 29.5 Å². The number of nitrogens with one attached hydrogen (secondary N) is 1. The average molecular weight is 299 g/mol. The van der Waals surface area contributed by atoms with Crippen LogP contribution in [0.4, 0.5) is 9.52 Å². The second-order valence-corrected chi connectivity index (χ2v) is 5.10. The zero-order valence-corrected chi connectivity index (χ0v) is 11.6. The fraction of sp³-hybridized carbons (Fsp3) is 0. The largest absolute Gasteiger partial charge is 0.298 e. The molecule has 21 heavy (non-hydrogen) atoms. The molecule has 4 nitrogen and oxygen atoms in total. The summed E-state index contributed by atoms with van der Waals surface area (Å²) in [5.74, 6) is -0.834. The van der Waals surface area contributed by atoms with Gasteiger partial charge in [0.25, 0.3) is 5.91 Å². The van der Waals surface area contributed by atoms with Gasteiger partial charge in [-0.1, -0.05) is 6.07 Å². The number of nitrogens with zero attached hydrogens (tertiary/aromatic N) is 2. The minimum atomic E-state index is -0.446. The first kappa shape index (κ1) is 13.4. The summed E-state index contributed by atoms with van der Waals surface area (Å²) in [4.78, 5) is 20.3. The number of benzene rings is 1. The van der Waals surface area contributed by atoms with E-state index in [-0.39, 0.29) is 11.5 Å². The van der Waals surface area contributed by atoms with Crippen LogP contribution in [0.15, 0.2) is 54.2 Å². The lowest BCUT2D eigenvalue weighted by Gasteiger charge is -2.01. The summed E-state index contributed by atoms with van der Waals surface area (Å²) in [6.07, 6.45) is 3.38. The highest BCUT2D eigenvalue weighted by Crippen LogP contribution is 2.24. The Morgan fingerprint density at radius 3 is 2.90 bits per heavy atom. The van der Waals surface area contributed by atoms with Gasteiger partial charge in [-0.25, -0.2) is 9.37 Å². The van der Waals surface area contributed by atoms with Crippen LogP contribution in [0.1, 0.15) is 10.4 Å². The van der Waals surface area contributed by atoms with Crippen molar-refractivity contribution in [2.75, 3.05) is 5.32 Å². The van der Waals surface area contributed by atoms with E-state index in [9.17, 15) is 9.18 Å². The molecule has 0 aliphatic heterocycles.